The van der Waals surface area contributed by atoms with E-state index in [9.17, 15) is 23.7 Å². The summed E-state index contributed by atoms with van der Waals surface area (Å²) < 4.78 is 59.6. The Morgan fingerprint density at radius 3 is 1.55 bits per heavy atom. The van der Waals surface area contributed by atoms with Gasteiger partial charge in [0, 0.05) is 43.4 Å². The van der Waals surface area contributed by atoms with E-state index in [-0.39, 0.29) is 5.56 Å². The molecule has 4 aromatic heterocycles. The lowest BCUT2D eigenvalue weighted by Gasteiger charge is -2.20. The standard InChI is InChI=1S/C57H29F3N4O2/c58-57(59,60)35-19-21-36(34(28-35)31-62)33-18-24-47(63-45-13-5-1-11-42(45)53-48(63)25-22-40-38-9-3-7-15-51(38)65-55(40)53)44(29-33)37-20-17-32(30-61)27-50(37)64-46-14-6-2-12-43(46)54-49(64)26-23-41-39-10-4-8-16-52(39)66-56(41)54/h1-29H. The monoisotopic (exact) mass is 858 g/mol. The summed E-state index contributed by atoms with van der Waals surface area (Å²) in [6, 6.07) is 59.6. The van der Waals surface area contributed by atoms with Gasteiger partial charge >= 0.3 is 6.18 Å². The van der Waals surface area contributed by atoms with Crippen molar-refractivity contribution in [1.29, 1.82) is 10.5 Å². The predicted octanol–water partition coefficient (Wildman–Crippen LogP) is 15.8. The Bertz CT molecular complexity index is 4320. The second kappa shape index (κ2) is 13.7. The molecule has 13 rings (SSSR count). The lowest BCUT2D eigenvalue weighted by Crippen LogP contribution is -2.05. The van der Waals surface area contributed by atoms with Crippen molar-refractivity contribution in [2.75, 3.05) is 0 Å². The van der Waals surface area contributed by atoms with Crippen LogP contribution in [0.15, 0.2) is 185 Å². The minimum Gasteiger partial charge on any atom is -0.455 e. The maximum absolute atomic E-state index is 14.0. The minimum atomic E-state index is -4.63. The molecule has 9 heteroatoms. The Balaban J connectivity index is 1.16. The lowest BCUT2D eigenvalue weighted by atomic mass is 9.92. The molecule has 0 saturated heterocycles. The molecule has 0 bridgehead atoms. The molecular formula is C57H29F3N4O2. The van der Waals surface area contributed by atoms with Crippen molar-refractivity contribution in [1.82, 2.24) is 9.13 Å². The average molecular weight is 859 g/mol. The minimum absolute atomic E-state index is 0.107. The number of benzene rings is 9. The van der Waals surface area contributed by atoms with Gasteiger partial charge in [-0.2, -0.15) is 23.7 Å². The van der Waals surface area contributed by atoms with E-state index < -0.39 is 11.7 Å². The van der Waals surface area contributed by atoms with Crippen molar-refractivity contribution in [3.63, 3.8) is 0 Å². The van der Waals surface area contributed by atoms with Crippen molar-refractivity contribution >= 4 is 87.5 Å². The molecule has 310 valence electrons. The first-order valence-electron chi connectivity index (χ1n) is 21.3. The molecule has 0 aliphatic rings. The average Bonchev–Trinajstić information content (AvgIpc) is 4.11. The third kappa shape index (κ3) is 5.29. The Hall–Kier alpha value is -9.05. The van der Waals surface area contributed by atoms with Crippen LogP contribution in [0.2, 0.25) is 0 Å². The molecule has 0 spiro atoms. The van der Waals surface area contributed by atoms with Crippen LogP contribution in [0.25, 0.3) is 121 Å². The summed E-state index contributed by atoms with van der Waals surface area (Å²) in [5.74, 6) is 0. The van der Waals surface area contributed by atoms with Crippen LogP contribution in [0.5, 0.6) is 0 Å². The van der Waals surface area contributed by atoms with E-state index in [0.717, 1.165) is 111 Å². The van der Waals surface area contributed by atoms with Crippen LogP contribution in [-0.4, -0.2) is 9.13 Å². The van der Waals surface area contributed by atoms with Gasteiger partial charge in [-0.05, 0) is 96.1 Å². The van der Waals surface area contributed by atoms with E-state index in [1.807, 2.05) is 97.1 Å². The third-order valence-corrected chi connectivity index (χ3v) is 13.0. The fourth-order valence-electron chi connectivity index (χ4n) is 10.2. The van der Waals surface area contributed by atoms with Crippen LogP contribution in [0.3, 0.4) is 0 Å². The van der Waals surface area contributed by atoms with E-state index in [1.54, 1.807) is 6.07 Å². The van der Waals surface area contributed by atoms with Crippen molar-refractivity contribution < 1.29 is 22.0 Å². The molecule has 0 unspecified atom stereocenters. The quantitative estimate of drug-likeness (QED) is 0.176. The normalized spacial score (nSPS) is 12.1. The molecule has 0 amide bonds. The van der Waals surface area contributed by atoms with Crippen molar-refractivity contribution in [2.24, 2.45) is 0 Å². The molecule has 0 radical (unpaired) electrons. The van der Waals surface area contributed by atoms with Gasteiger partial charge in [-0.1, -0.05) is 91.0 Å². The third-order valence-electron chi connectivity index (χ3n) is 13.0. The summed E-state index contributed by atoms with van der Waals surface area (Å²) in [4.78, 5) is 0. The fraction of sp³-hybridized carbons (Fsp3) is 0.0175. The first-order chi connectivity index (χ1) is 32.3. The molecule has 0 atom stereocenters. The fourth-order valence-corrected chi connectivity index (χ4v) is 10.2. The largest absolute Gasteiger partial charge is 0.455 e. The van der Waals surface area contributed by atoms with Gasteiger partial charge in [-0.15, -0.1) is 0 Å². The number of alkyl halides is 3. The van der Waals surface area contributed by atoms with Crippen LogP contribution < -0.4 is 0 Å². The van der Waals surface area contributed by atoms with E-state index in [0.29, 0.717) is 27.9 Å². The Morgan fingerprint density at radius 2 is 0.970 bits per heavy atom. The van der Waals surface area contributed by atoms with E-state index in [2.05, 4.69) is 75.9 Å². The highest BCUT2D eigenvalue weighted by molar-refractivity contribution is 6.25. The zero-order chi connectivity index (χ0) is 44.4. The lowest BCUT2D eigenvalue weighted by molar-refractivity contribution is -0.137. The zero-order valence-electron chi connectivity index (χ0n) is 34.5. The molecule has 6 nitrogen and oxygen atoms in total. The van der Waals surface area contributed by atoms with Crippen LogP contribution >= 0.6 is 0 Å². The molecule has 0 aliphatic heterocycles. The van der Waals surface area contributed by atoms with Crippen molar-refractivity contribution in [3.8, 4) is 45.8 Å². The highest BCUT2D eigenvalue weighted by atomic mass is 19.4. The van der Waals surface area contributed by atoms with Gasteiger partial charge in [-0.3, -0.25) is 0 Å². The van der Waals surface area contributed by atoms with Crippen LogP contribution in [0.1, 0.15) is 16.7 Å². The van der Waals surface area contributed by atoms with E-state index >= 15 is 0 Å². The topological polar surface area (TPSA) is 83.7 Å². The van der Waals surface area contributed by atoms with Crippen molar-refractivity contribution in [2.45, 2.75) is 6.18 Å². The number of nitrogens with zero attached hydrogens (tertiary/aromatic N) is 4. The summed E-state index contributed by atoms with van der Waals surface area (Å²) in [6.45, 7) is 0. The van der Waals surface area contributed by atoms with Crippen LogP contribution in [-0.2, 0) is 6.18 Å². The molecule has 4 heterocycles. The second-order valence-corrected chi connectivity index (χ2v) is 16.5. The zero-order valence-corrected chi connectivity index (χ0v) is 34.5. The molecule has 66 heavy (non-hydrogen) atoms. The van der Waals surface area contributed by atoms with Gasteiger partial charge in [0.05, 0.1) is 73.0 Å². The SMILES string of the molecule is N#Cc1ccc(-c2cc(-c3ccc(C(F)(F)F)cc3C#N)ccc2-n2c3ccccc3c3c4oc5ccccc5c4ccc32)c(-n2c3ccccc3c3c4oc5ccccc5c4ccc32)c1. The van der Waals surface area contributed by atoms with Gasteiger partial charge in [0.1, 0.15) is 22.3 Å². The molecule has 0 fully saturated rings. The van der Waals surface area contributed by atoms with Crippen LogP contribution in [0, 0.1) is 22.7 Å². The second-order valence-electron chi connectivity index (χ2n) is 16.5. The summed E-state index contributed by atoms with van der Waals surface area (Å²) in [5, 5.41) is 28.6. The molecule has 9 aromatic carbocycles. The number of hydrogen-bond acceptors (Lipinski definition) is 4. The summed E-state index contributed by atoms with van der Waals surface area (Å²) in [5.41, 5.74) is 9.80. The van der Waals surface area contributed by atoms with Crippen LogP contribution in [0.4, 0.5) is 13.2 Å². The number of nitriles is 2. The number of para-hydroxylation sites is 4. The molecular weight excluding hydrogens is 830 g/mol. The number of fused-ring (bicyclic) bond motifs is 14. The highest BCUT2D eigenvalue weighted by Gasteiger charge is 2.32. The number of hydrogen-bond donors (Lipinski definition) is 0. The Labute approximate surface area is 372 Å². The number of rotatable bonds is 4. The van der Waals surface area contributed by atoms with E-state index in [1.165, 1.54) is 6.07 Å². The van der Waals surface area contributed by atoms with Gasteiger partial charge in [0.2, 0.25) is 0 Å². The molecule has 13 aromatic rings. The van der Waals surface area contributed by atoms with Crippen molar-refractivity contribution in [3.05, 3.63) is 193 Å². The smallest absolute Gasteiger partial charge is 0.416 e. The highest BCUT2D eigenvalue weighted by Crippen LogP contribution is 2.47. The van der Waals surface area contributed by atoms with Gasteiger partial charge < -0.3 is 18.0 Å². The summed E-state index contributed by atoms with van der Waals surface area (Å²) in [6.07, 6.45) is -4.63. The maximum Gasteiger partial charge on any atom is 0.416 e. The van der Waals surface area contributed by atoms with Gasteiger partial charge in [0.25, 0.3) is 0 Å². The van der Waals surface area contributed by atoms with Gasteiger partial charge in [0.15, 0.2) is 0 Å². The molecule has 0 saturated carbocycles. The first-order valence-corrected chi connectivity index (χ1v) is 21.3. The predicted molar refractivity (Wildman–Crippen MR) is 255 cm³/mol. The Kier molecular flexibility index (Phi) is 7.80. The summed E-state index contributed by atoms with van der Waals surface area (Å²) in [7, 11) is 0. The molecule has 0 N–H and O–H groups in total. The maximum atomic E-state index is 14.0. The van der Waals surface area contributed by atoms with Gasteiger partial charge in [-0.25, -0.2) is 0 Å². The van der Waals surface area contributed by atoms with E-state index in [4.69, 9.17) is 8.83 Å². The Morgan fingerprint density at radius 1 is 0.424 bits per heavy atom. The number of aromatic nitrogens is 2. The summed E-state index contributed by atoms with van der Waals surface area (Å²) >= 11 is 0. The first kappa shape index (κ1) is 37.5. The molecule has 0 aliphatic carbocycles. The number of furan rings is 2. The number of halogens is 3.